The molecule has 0 atom stereocenters. The number of benzene rings is 2. The molecule has 1 aliphatic rings. The van der Waals surface area contributed by atoms with Crippen molar-refractivity contribution in [3.63, 3.8) is 0 Å². The van der Waals surface area contributed by atoms with E-state index in [4.69, 9.17) is 41.2 Å². The van der Waals surface area contributed by atoms with E-state index >= 15 is 0 Å². The Labute approximate surface area is 209 Å². The highest BCUT2D eigenvalue weighted by atomic mass is 16.6. The second-order valence-electron chi connectivity index (χ2n) is 8.18. The molecule has 2 aromatic carbocycles. The number of hydrogen-bond acceptors (Lipinski definition) is 8. The Morgan fingerprint density at radius 1 is 0.944 bits per heavy atom. The zero-order valence-corrected chi connectivity index (χ0v) is 19.9. The maximum atomic E-state index is 12.2. The predicted molar refractivity (Wildman–Crippen MR) is 132 cm³/mol. The number of carbonyl (C=O) groups excluding carboxylic acids is 2. The van der Waals surface area contributed by atoms with Crippen molar-refractivity contribution in [3.05, 3.63) is 65.2 Å². The van der Waals surface area contributed by atoms with Crippen LogP contribution in [0, 0.1) is 10.8 Å². The average Bonchev–Trinajstić information content (AvgIpc) is 2.88. The molecule has 1 fully saturated rings. The number of nitrogen functional groups attached to an aromatic ring is 1. The molecule has 0 aliphatic carbocycles. The number of nitrogens with one attached hydrogen (secondary N) is 2. The van der Waals surface area contributed by atoms with Crippen LogP contribution in [-0.2, 0) is 25.6 Å². The minimum atomic E-state index is -0.558. The minimum Gasteiger partial charge on any atom is -0.490 e. The van der Waals surface area contributed by atoms with Crippen LogP contribution < -0.4 is 16.2 Å². The fourth-order valence-electron chi connectivity index (χ4n) is 3.54. The first-order chi connectivity index (χ1) is 17.3. The highest BCUT2D eigenvalue weighted by Gasteiger charge is 2.21. The molecule has 0 amide bonds. The summed E-state index contributed by atoms with van der Waals surface area (Å²) < 4.78 is 21.5. The Morgan fingerprint density at radius 2 is 1.67 bits per heavy atom. The van der Waals surface area contributed by atoms with Gasteiger partial charge in [-0.15, -0.1) is 0 Å². The average molecular weight is 498 g/mol. The van der Waals surface area contributed by atoms with E-state index in [-0.39, 0.29) is 44.3 Å². The Kier molecular flexibility index (Phi) is 9.64. The lowest BCUT2D eigenvalue weighted by Gasteiger charge is -2.32. The number of piperidine rings is 1. The van der Waals surface area contributed by atoms with E-state index in [1.54, 1.807) is 48.5 Å². The van der Waals surface area contributed by atoms with Crippen LogP contribution in [0.15, 0.2) is 48.5 Å². The molecule has 2 aromatic rings. The smallest absolute Gasteiger partial charge is 0.338 e. The van der Waals surface area contributed by atoms with Gasteiger partial charge in [0.1, 0.15) is 37.5 Å². The summed E-state index contributed by atoms with van der Waals surface area (Å²) in [6.45, 7) is 1.15. The molecule has 0 aromatic heterocycles. The Balaban J connectivity index is 1.29. The highest BCUT2D eigenvalue weighted by molar-refractivity contribution is 5.95. The standard InChI is InChI=1S/C25H31N5O6/c26-23(27)19-3-1-2-17(14-19)15-35-22(31)16-33-12-13-34-24(32)18-4-6-20(7-5-18)36-21-8-10-30(11-9-21)25(28)29/h1-7,14,21H,8-13,15-16H2,(H3,26,27)(H3,28,29). The molecular formula is C25H31N5O6. The molecule has 11 heteroatoms. The first-order valence-corrected chi connectivity index (χ1v) is 11.5. The second-order valence-corrected chi connectivity index (χ2v) is 8.18. The predicted octanol–water partition coefficient (Wildman–Crippen LogP) is 1.62. The first-order valence-electron chi connectivity index (χ1n) is 11.5. The van der Waals surface area contributed by atoms with E-state index in [0.717, 1.165) is 12.8 Å². The molecule has 1 saturated heterocycles. The van der Waals surface area contributed by atoms with Gasteiger partial charge in [-0.2, -0.15) is 0 Å². The van der Waals surface area contributed by atoms with Gasteiger partial charge in [0.05, 0.1) is 12.2 Å². The fraction of sp³-hybridized carbons (Fsp3) is 0.360. The largest absolute Gasteiger partial charge is 0.490 e. The van der Waals surface area contributed by atoms with E-state index < -0.39 is 11.9 Å². The lowest BCUT2D eigenvalue weighted by atomic mass is 10.1. The molecule has 11 nitrogen and oxygen atoms in total. The van der Waals surface area contributed by atoms with Gasteiger partial charge in [0.2, 0.25) is 0 Å². The molecule has 192 valence electrons. The van der Waals surface area contributed by atoms with Gasteiger partial charge in [-0.1, -0.05) is 18.2 Å². The van der Waals surface area contributed by atoms with E-state index in [2.05, 4.69) is 0 Å². The summed E-state index contributed by atoms with van der Waals surface area (Å²) in [6.07, 6.45) is 1.57. The molecule has 1 aliphatic heterocycles. The number of esters is 2. The highest BCUT2D eigenvalue weighted by Crippen LogP contribution is 2.20. The molecule has 0 saturated carbocycles. The summed E-state index contributed by atoms with van der Waals surface area (Å²) in [5.74, 6) is -0.393. The summed E-state index contributed by atoms with van der Waals surface area (Å²) >= 11 is 0. The summed E-state index contributed by atoms with van der Waals surface area (Å²) in [4.78, 5) is 25.8. The second kappa shape index (κ2) is 13.1. The van der Waals surface area contributed by atoms with E-state index in [1.165, 1.54) is 0 Å². The van der Waals surface area contributed by atoms with Gasteiger partial charge in [-0.25, -0.2) is 9.59 Å². The molecule has 36 heavy (non-hydrogen) atoms. The fourth-order valence-corrected chi connectivity index (χ4v) is 3.54. The monoisotopic (exact) mass is 497 g/mol. The molecule has 0 spiro atoms. The van der Waals surface area contributed by atoms with Crippen LogP contribution >= 0.6 is 0 Å². The number of nitrogens with zero attached hydrogens (tertiary/aromatic N) is 1. The summed E-state index contributed by atoms with van der Waals surface area (Å²) in [5.41, 5.74) is 12.6. The van der Waals surface area contributed by atoms with Crippen molar-refractivity contribution in [2.45, 2.75) is 25.6 Å². The number of guanidine groups is 1. The Hall–Kier alpha value is -4.12. The van der Waals surface area contributed by atoms with Crippen LogP contribution in [0.4, 0.5) is 0 Å². The van der Waals surface area contributed by atoms with Crippen LogP contribution in [0.25, 0.3) is 0 Å². The van der Waals surface area contributed by atoms with Crippen LogP contribution in [0.5, 0.6) is 5.75 Å². The number of nitrogens with two attached hydrogens (primary N) is 2. The van der Waals surface area contributed by atoms with Crippen LogP contribution in [0.1, 0.15) is 34.3 Å². The quantitative estimate of drug-likeness (QED) is 0.156. The lowest BCUT2D eigenvalue weighted by Crippen LogP contribution is -2.44. The Bertz CT molecular complexity index is 1070. The van der Waals surface area contributed by atoms with Crippen LogP contribution in [-0.4, -0.2) is 67.6 Å². The third-order valence-corrected chi connectivity index (χ3v) is 5.49. The first kappa shape index (κ1) is 26.5. The molecule has 3 rings (SSSR count). The summed E-state index contributed by atoms with van der Waals surface area (Å²) in [7, 11) is 0. The third kappa shape index (κ3) is 8.27. The van der Waals surface area contributed by atoms with E-state index in [0.29, 0.717) is 35.5 Å². The molecule has 0 unspecified atom stereocenters. The topological polar surface area (TPSA) is 174 Å². The van der Waals surface area contributed by atoms with Gasteiger partial charge >= 0.3 is 11.9 Å². The van der Waals surface area contributed by atoms with E-state index in [9.17, 15) is 9.59 Å². The zero-order chi connectivity index (χ0) is 25.9. The van der Waals surface area contributed by atoms with Crippen molar-refractivity contribution >= 4 is 23.7 Å². The van der Waals surface area contributed by atoms with Crippen molar-refractivity contribution in [2.75, 3.05) is 32.9 Å². The number of carbonyl (C=O) groups is 2. The molecular weight excluding hydrogens is 466 g/mol. The van der Waals surface area contributed by atoms with Gasteiger partial charge in [-0.3, -0.25) is 10.8 Å². The summed E-state index contributed by atoms with van der Waals surface area (Å²) in [5, 5.41) is 14.9. The van der Waals surface area contributed by atoms with Gasteiger partial charge in [0, 0.05) is 31.5 Å². The molecule has 0 radical (unpaired) electrons. The third-order valence-electron chi connectivity index (χ3n) is 5.49. The van der Waals surface area contributed by atoms with Gasteiger partial charge < -0.3 is 35.3 Å². The number of amidine groups is 1. The van der Waals surface area contributed by atoms with Crippen molar-refractivity contribution in [1.29, 1.82) is 10.8 Å². The maximum Gasteiger partial charge on any atom is 0.338 e. The zero-order valence-electron chi connectivity index (χ0n) is 19.9. The number of likely N-dealkylation sites (tertiary alicyclic amines) is 1. The summed E-state index contributed by atoms with van der Waals surface area (Å²) in [6, 6.07) is 13.5. The number of hydrogen-bond donors (Lipinski definition) is 4. The Morgan fingerprint density at radius 3 is 2.33 bits per heavy atom. The van der Waals surface area contributed by atoms with Gasteiger partial charge in [0.25, 0.3) is 0 Å². The van der Waals surface area contributed by atoms with Crippen molar-refractivity contribution in [2.24, 2.45) is 11.5 Å². The van der Waals surface area contributed by atoms with Crippen molar-refractivity contribution < 1.29 is 28.5 Å². The number of ether oxygens (including phenoxy) is 4. The minimum absolute atomic E-state index is 0.0141. The molecule has 0 bridgehead atoms. The SMILES string of the molecule is N=C(N)c1cccc(COC(=O)COCCOC(=O)c2ccc(OC3CCN(C(=N)N)CC3)cc2)c1. The van der Waals surface area contributed by atoms with Crippen molar-refractivity contribution in [1.82, 2.24) is 4.90 Å². The van der Waals surface area contributed by atoms with Crippen LogP contribution in [0.3, 0.4) is 0 Å². The van der Waals surface area contributed by atoms with Gasteiger partial charge in [-0.05, 0) is 35.9 Å². The molecule has 6 N–H and O–H groups in total. The lowest BCUT2D eigenvalue weighted by molar-refractivity contribution is -0.150. The van der Waals surface area contributed by atoms with Gasteiger partial charge in [0.15, 0.2) is 5.96 Å². The van der Waals surface area contributed by atoms with Crippen molar-refractivity contribution in [3.8, 4) is 5.75 Å². The van der Waals surface area contributed by atoms with E-state index in [1.807, 2.05) is 4.90 Å². The number of rotatable bonds is 11. The van der Waals surface area contributed by atoms with Crippen LogP contribution in [0.2, 0.25) is 0 Å². The maximum absolute atomic E-state index is 12.2. The molecule has 1 heterocycles. The normalized spacial score (nSPS) is 13.6.